The maximum Gasteiger partial charge on any atom is 0.258 e. The van der Waals surface area contributed by atoms with E-state index in [1.54, 1.807) is 24.3 Å². The van der Waals surface area contributed by atoms with Gasteiger partial charge in [0.1, 0.15) is 0 Å². The quantitative estimate of drug-likeness (QED) is 0.363. The van der Waals surface area contributed by atoms with E-state index in [9.17, 15) is 8.42 Å². The Hall–Kier alpha value is -0.140. The van der Waals surface area contributed by atoms with Crippen LogP contribution in [0.1, 0.15) is 5.56 Å². The number of halogens is 3. The van der Waals surface area contributed by atoms with Crippen molar-refractivity contribution in [1.82, 2.24) is 3.82 Å². The highest BCUT2D eigenvalue weighted by Gasteiger charge is 2.29. The third-order valence-electron chi connectivity index (χ3n) is 1.57. The summed E-state index contributed by atoms with van der Waals surface area (Å²) >= 11 is 17.1. The first-order valence-corrected chi connectivity index (χ1v) is 8.29. The summed E-state index contributed by atoms with van der Waals surface area (Å²) in [6, 6.07) is 8.97. The Labute approximate surface area is 125 Å². The molecule has 0 N–H and O–H groups in total. The van der Waals surface area contributed by atoms with Gasteiger partial charge in [-0.25, -0.2) is 8.42 Å². The lowest BCUT2D eigenvalue weighted by Gasteiger charge is -2.18. The molecule has 1 aromatic rings. The van der Waals surface area contributed by atoms with E-state index in [0.29, 0.717) is 15.8 Å². The zero-order valence-electron chi connectivity index (χ0n) is 9.13. The highest BCUT2D eigenvalue weighted by molar-refractivity contribution is 8.11. The fourth-order valence-corrected chi connectivity index (χ4v) is 3.24. The van der Waals surface area contributed by atoms with Crippen LogP contribution in [0.2, 0.25) is 0 Å². The standard InChI is InChI=1S/C9H9Cl3N2O2S2/c1-18(15,16)14(17-9(10,11)12)13-7-8-5-3-2-4-6-8/h2-7H,1H3/b13-7-. The van der Waals surface area contributed by atoms with Crippen molar-refractivity contribution in [2.24, 2.45) is 5.10 Å². The summed E-state index contributed by atoms with van der Waals surface area (Å²) in [5.74, 6) is 0. The smallest absolute Gasteiger partial charge is 0.204 e. The molecule has 0 heterocycles. The van der Waals surface area contributed by atoms with Gasteiger partial charge in [-0.05, 0) is 5.56 Å². The molecule has 0 aliphatic carbocycles. The van der Waals surface area contributed by atoms with E-state index in [1.165, 1.54) is 6.21 Å². The predicted octanol–water partition coefficient (Wildman–Crippen LogP) is 3.26. The number of alkyl halides is 3. The Morgan fingerprint density at radius 2 is 1.83 bits per heavy atom. The molecule has 0 unspecified atom stereocenters. The highest BCUT2D eigenvalue weighted by atomic mass is 35.6. The van der Waals surface area contributed by atoms with Crippen LogP contribution < -0.4 is 0 Å². The van der Waals surface area contributed by atoms with Crippen molar-refractivity contribution in [3.8, 4) is 0 Å². The summed E-state index contributed by atoms with van der Waals surface area (Å²) in [7, 11) is -3.62. The Morgan fingerprint density at radius 3 is 2.28 bits per heavy atom. The topological polar surface area (TPSA) is 49.7 Å². The molecule has 1 aromatic carbocycles. The van der Waals surface area contributed by atoms with Crippen LogP contribution in [0, 0.1) is 0 Å². The highest BCUT2D eigenvalue weighted by Crippen LogP contribution is 2.42. The summed E-state index contributed by atoms with van der Waals surface area (Å²) in [4.78, 5) is 0. The van der Waals surface area contributed by atoms with E-state index < -0.39 is 13.1 Å². The minimum atomic E-state index is -3.62. The van der Waals surface area contributed by atoms with Crippen LogP contribution in [0.15, 0.2) is 35.4 Å². The SMILES string of the molecule is CS(=O)(=O)N(/N=C\c1ccccc1)SC(Cl)(Cl)Cl. The van der Waals surface area contributed by atoms with Gasteiger partial charge in [-0.1, -0.05) is 65.1 Å². The van der Waals surface area contributed by atoms with Crippen molar-refractivity contribution in [2.75, 3.05) is 6.26 Å². The second-order valence-electron chi connectivity index (χ2n) is 3.16. The third kappa shape index (κ3) is 6.15. The minimum Gasteiger partial charge on any atom is -0.204 e. The van der Waals surface area contributed by atoms with Gasteiger partial charge in [-0.3, -0.25) is 0 Å². The van der Waals surface area contributed by atoms with E-state index in [2.05, 4.69) is 5.10 Å². The van der Waals surface area contributed by atoms with Gasteiger partial charge in [0.05, 0.1) is 12.5 Å². The lowest BCUT2D eigenvalue weighted by Crippen LogP contribution is -2.21. The van der Waals surface area contributed by atoms with Crippen LogP contribution in [-0.4, -0.2) is 27.8 Å². The first kappa shape index (κ1) is 15.9. The van der Waals surface area contributed by atoms with Crippen LogP contribution >= 0.6 is 46.8 Å². The Morgan fingerprint density at radius 1 is 1.28 bits per heavy atom. The van der Waals surface area contributed by atoms with Gasteiger partial charge in [0.2, 0.25) is 0 Å². The van der Waals surface area contributed by atoms with E-state index in [-0.39, 0.29) is 0 Å². The number of sulfonamides is 1. The lowest BCUT2D eigenvalue weighted by atomic mass is 10.2. The molecular formula is C9H9Cl3N2O2S2. The van der Waals surface area contributed by atoms with Crippen LogP contribution in [0.5, 0.6) is 0 Å². The van der Waals surface area contributed by atoms with Crippen LogP contribution in [0.25, 0.3) is 0 Å². The lowest BCUT2D eigenvalue weighted by molar-refractivity contribution is 0.559. The van der Waals surface area contributed by atoms with Crippen molar-refractivity contribution in [1.29, 1.82) is 0 Å². The van der Waals surface area contributed by atoms with Crippen LogP contribution in [0.3, 0.4) is 0 Å². The summed E-state index contributed by atoms with van der Waals surface area (Å²) in [6.45, 7) is 0. The first-order chi connectivity index (χ1) is 8.18. The zero-order chi connectivity index (χ0) is 13.8. The predicted molar refractivity (Wildman–Crippen MR) is 78.6 cm³/mol. The Balaban J connectivity index is 2.90. The fraction of sp³-hybridized carbons (Fsp3) is 0.222. The second kappa shape index (κ2) is 6.34. The molecule has 1 rings (SSSR count). The van der Waals surface area contributed by atoms with Gasteiger partial charge in [0, 0.05) is 11.9 Å². The average molecular weight is 348 g/mol. The monoisotopic (exact) mass is 346 g/mol. The number of hydrogen-bond acceptors (Lipinski definition) is 4. The van der Waals surface area contributed by atoms with Crippen molar-refractivity contribution >= 4 is 63.0 Å². The van der Waals surface area contributed by atoms with Gasteiger partial charge in [-0.15, -0.1) is 3.82 Å². The van der Waals surface area contributed by atoms with E-state index in [0.717, 1.165) is 11.8 Å². The number of hydrazone groups is 1. The molecule has 0 atom stereocenters. The fourth-order valence-electron chi connectivity index (χ4n) is 0.918. The molecular weight excluding hydrogens is 339 g/mol. The maximum atomic E-state index is 11.4. The van der Waals surface area contributed by atoms with E-state index in [4.69, 9.17) is 34.8 Å². The second-order valence-corrected chi connectivity index (χ2v) is 9.30. The molecule has 0 spiro atoms. The molecule has 100 valence electrons. The summed E-state index contributed by atoms with van der Waals surface area (Å²) in [5, 5.41) is 3.78. The molecule has 0 aliphatic rings. The maximum absolute atomic E-state index is 11.4. The molecule has 4 nitrogen and oxygen atoms in total. The van der Waals surface area contributed by atoms with Gasteiger partial charge < -0.3 is 0 Å². The summed E-state index contributed by atoms with van der Waals surface area (Å²) in [5.41, 5.74) is 0.732. The number of nitrogens with zero attached hydrogens (tertiary/aromatic N) is 2. The molecule has 0 aromatic heterocycles. The molecule has 18 heavy (non-hydrogen) atoms. The first-order valence-electron chi connectivity index (χ1n) is 4.54. The number of hydrogen-bond donors (Lipinski definition) is 0. The summed E-state index contributed by atoms with van der Waals surface area (Å²) in [6.07, 6.45) is 2.34. The van der Waals surface area contributed by atoms with Crippen molar-refractivity contribution in [3.63, 3.8) is 0 Å². The largest absolute Gasteiger partial charge is 0.258 e. The van der Waals surface area contributed by atoms with Crippen molar-refractivity contribution in [2.45, 2.75) is 3.12 Å². The van der Waals surface area contributed by atoms with Gasteiger partial charge in [-0.2, -0.15) is 5.10 Å². The molecule has 0 bridgehead atoms. The normalized spacial score (nSPS) is 12.9. The molecule has 0 fully saturated rings. The molecule has 9 heteroatoms. The van der Waals surface area contributed by atoms with Crippen molar-refractivity contribution in [3.05, 3.63) is 35.9 Å². The molecule has 0 saturated heterocycles. The van der Waals surface area contributed by atoms with Crippen LogP contribution in [0.4, 0.5) is 0 Å². The van der Waals surface area contributed by atoms with E-state index in [1.807, 2.05) is 6.07 Å². The zero-order valence-corrected chi connectivity index (χ0v) is 13.0. The number of benzene rings is 1. The van der Waals surface area contributed by atoms with Gasteiger partial charge >= 0.3 is 0 Å². The number of rotatable bonds is 4. The van der Waals surface area contributed by atoms with E-state index >= 15 is 0 Å². The molecule has 0 radical (unpaired) electrons. The average Bonchev–Trinajstić information content (AvgIpc) is 2.22. The molecule has 0 aliphatic heterocycles. The van der Waals surface area contributed by atoms with Gasteiger partial charge in [0.15, 0.2) is 0 Å². The van der Waals surface area contributed by atoms with Crippen molar-refractivity contribution < 1.29 is 8.42 Å². The minimum absolute atomic E-state index is 0.472. The Kier molecular flexibility index (Phi) is 5.61. The van der Waals surface area contributed by atoms with Gasteiger partial charge in [0.25, 0.3) is 13.1 Å². The third-order valence-corrected chi connectivity index (χ3v) is 4.34. The molecule has 0 amide bonds. The molecule has 0 saturated carbocycles. The van der Waals surface area contributed by atoms with Crippen LogP contribution in [-0.2, 0) is 10.0 Å². The summed E-state index contributed by atoms with van der Waals surface area (Å²) < 4.78 is 21.7. The Bertz CT molecular complexity index is 514.